The maximum absolute atomic E-state index is 11.7. The van der Waals surface area contributed by atoms with Crippen molar-refractivity contribution in [2.24, 2.45) is 17.6 Å². The first kappa shape index (κ1) is 12.0. The fourth-order valence-corrected chi connectivity index (χ4v) is 2.05. The van der Waals surface area contributed by atoms with Crippen molar-refractivity contribution in [3.05, 3.63) is 0 Å². The smallest absolute Gasteiger partial charge is 0.224 e. The Kier molecular flexibility index (Phi) is 4.57. The lowest BCUT2D eigenvalue weighted by Gasteiger charge is -2.19. The van der Waals surface area contributed by atoms with Gasteiger partial charge in [-0.15, -0.1) is 0 Å². The Morgan fingerprint density at radius 1 is 1.67 bits per heavy atom. The topological polar surface area (TPSA) is 78.9 Å². The summed E-state index contributed by atoms with van der Waals surface area (Å²) >= 11 is 0. The van der Waals surface area contributed by atoms with E-state index in [2.05, 4.69) is 11.4 Å². The Morgan fingerprint density at radius 2 is 2.40 bits per heavy atom. The van der Waals surface area contributed by atoms with E-state index in [1.54, 1.807) is 0 Å². The second kappa shape index (κ2) is 5.72. The van der Waals surface area contributed by atoms with Gasteiger partial charge in [0.2, 0.25) is 5.91 Å². The third-order valence-electron chi connectivity index (χ3n) is 3.16. The molecule has 1 rings (SSSR count). The number of carbonyl (C=O) groups is 1. The quantitative estimate of drug-likeness (QED) is 0.718. The van der Waals surface area contributed by atoms with Crippen molar-refractivity contribution in [1.82, 2.24) is 5.32 Å². The van der Waals surface area contributed by atoms with Gasteiger partial charge in [-0.05, 0) is 25.7 Å². The van der Waals surface area contributed by atoms with Crippen LogP contribution in [0.5, 0.6) is 0 Å². The van der Waals surface area contributed by atoms with Crippen LogP contribution in [-0.4, -0.2) is 18.5 Å². The zero-order chi connectivity index (χ0) is 11.3. The molecule has 0 aromatic carbocycles. The fourth-order valence-electron chi connectivity index (χ4n) is 2.05. The predicted molar refractivity (Wildman–Crippen MR) is 57.7 cm³/mol. The minimum Gasteiger partial charge on any atom is -0.352 e. The van der Waals surface area contributed by atoms with Crippen LogP contribution in [0.15, 0.2) is 0 Å². The lowest BCUT2D eigenvalue weighted by Crippen LogP contribution is -2.42. The molecule has 4 nitrogen and oxygen atoms in total. The van der Waals surface area contributed by atoms with Crippen LogP contribution < -0.4 is 11.1 Å². The number of nitrogens with zero attached hydrogens (tertiary/aromatic N) is 1. The van der Waals surface area contributed by atoms with E-state index in [-0.39, 0.29) is 23.8 Å². The number of carbonyl (C=O) groups excluding carboxylic acids is 1. The van der Waals surface area contributed by atoms with Gasteiger partial charge in [0.1, 0.15) is 0 Å². The van der Waals surface area contributed by atoms with Crippen molar-refractivity contribution >= 4 is 5.91 Å². The highest BCUT2D eigenvalue weighted by Gasteiger charge is 2.29. The Balaban J connectivity index is 2.47. The van der Waals surface area contributed by atoms with Crippen LogP contribution in [0.4, 0.5) is 0 Å². The number of nitriles is 1. The number of rotatable bonds is 4. The molecular formula is C11H19N3O. The third-order valence-corrected chi connectivity index (χ3v) is 3.16. The van der Waals surface area contributed by atoms with E-state index in [4.69, 9.17) is 11.0 Å². The van der Waals surface area contributed by atoms with Gasteiger partial charge in [0.25, 0.3) is 0 Å². The molecule has 0 heterocycles. The van der Waals surface area contributed by atoms with Crippen molar-refractivity contribution in [2.45, 2.75) is 38.6 Å². The van der Waals surface area contributed by atoms with Gasteiger partial charge in [0.15, 0.2) is 0 Å². The summed E-state index contributed by atoms with van der Waals surface area (Å²) in [5.74, 6) is -0.110. The van der Waals surface area contributed by atoms with Crippen molar-refractivity contribution in [2.75, 3.05) is 6.54 Å². The average Bonchev–Trinajstić information content (AvgIpc) is 2.67. The first-order chi connectivity index (χ1) is 7.22. The molecule has 1 amide bonds. The molecule has 0 spiro atoms. The monoisotopic (exact) mass is 209 g/mol. The van der Waals surface area contributed by atoms with Crippen LogP contribution >= 0.6 is 0 Å². The van der Waals surface area contributed by atoms with Crippen molar-refractivity contribution < 1.29 is 4.79 Å². The molecule has 0 bridgehead atoms. The Labute approximate surface area is 90.8 Å². The van der Waals surface area contributed by atoms with Crippen LogP contribution in [-0.2, 0) is 4.79 Å². The zero-order valence-electron chi connectivity index (χ0n) is 9.20. The highest BCUT2D eigenvalue weighted by molar-refractivity contribution is 5.79. The Hall–Kier alpha value is -1.08. The fraction of sp³-hybridized carbons (Fsp3) is 0.818. The molecule has 1 aliphatic rings. The third kappa shape index (κ3) is 2.93. The average molecular weight is 209 g/mol. The summed E-state index contributed by atoms with van der Waals surface area (Å²) in [4.78, 5) is 11.7. The van der Waals surface area contributed by atoms with E-state index in [9.17, 15) is 4.79 Å². The molecular weight excluding hydrogens is 190 g/mol. The summed E-state index contributed by atoms with van der Waals surface area (Å²) in [6.07, 6.45) is 3.61. The maximum atomic E-state index is 11.7. The molecule has 84 valence electrons. The van der Waals surface area contributed by atoms with E-state index in [1.807, 2.05) is 6.92 Å². The molecule has 3 N–H and O–H groups in total. The summed E-state index contributed by atoms with van der Waals surface area (Å²) in [6.45, 7) is 2.33. The van der Waals surface area contributed by atoms with Gasteiger partial charge >= 0.3 is 0 Å². The first-order valence-electron chi connectivity index (χ1n) is 5.63. The largest absolute Gasteiger partial charge is 0.352 e. The highest BCUT2D eigenvalue weighted by Crippen LogP contribution is 2.25. The van der Waals surface area contributed by atoms with E-state index in [1.165, 1.54) is 0 Å². The minimum atomic E-state index is -0.107. The number of hydrogen-bond donors (Lipinski definition) is 2. The van der Waals surface area contributed by atoms with Crippen molar-refractivity contribution in [3.63, 3.8) is 0 Å². The predicted octanol–water partition coefficient (Wildman–Crippen LogP) is 0.780. The van der Waals surface area contributed by atoms with E-state index in [0.717, 1.165) is 25.7 Å². The minimum absolute atomic E-state index is 0.00662. The summed E-state index contributed by atoms with van der Waals surface area (Å²) in [5.41, 5.74) is 5.50. The number of nitrogens with two attached hydrogens (primary N) is 1. The molecule has 0 aromatic heterocycles. The summed E-state index contributed by atoms with van der Waals surface area (Å²) < 4.78 is 0. The molecule has 3 atom stereocenters. The van der Waals surface area contributed by atoms with Gasteiger partial charge in [-0.3, -0.25) is 4.79 Å². The van der Waals surface area contributed by atoms with Gasteiger partial charge < -0.3 is 11.1 Å². The number of amides is 1. The molecule has 15 heavy (non-hydrogen) atoms. The van der Waals surface area contributed by atoms with Crippen LogP contribution in [0, 0.1) is 23.2 Å². The molecule has 1 aliphatic carbocycles. The van der Waals surface area contributed by atoms with Crippen LogP contribution in [0.25, 0.3) is 0 Å². The lowest BCUT2D eigenvalue weighted by molar-refractivity contribution is -0.125. The van der Waals surface area contributed by atoms with Gasteiger partial charge in [0.05, 0.1) is 12.0 Å². The normalized spacial score (nSPS) is 27.0. The summed E-state index contributed by atoms with van der Waals surface area (Å²) in [7, 11) is 0. The van der Waals surface area contributed by atoms with Gasteiger partial charge in [-0.25, -0.2) is 0 Å². The maximum Gasteiger partial charge on any atom is 0.224 e. The Bertz CT molecular complexity index is 255. The molecule has 4 heteroatoms. The summed E-state index contributed by atoms with van der Waals surface area (Å²) in [5, 5.41) is 11.8. The van der Waals surface area contributed by atoms with Gasteiger partial charge in [-0.1, -0.05) is 6.92 Å². The second-order valence-corrected chi connectivity index (χ2v) is 4.12. The van der Waals surface area contributed by atoms with E-state index in [0.29, 0.717) is 6.54 Å². The molecule has 0 saturated heterocycles. The van der Waals surface area contributed by atoms with E-state index < -0.39 is 0 Å². The zero-order valence-corrected chi connectivity index (χ0v) is 9.20. The van der Waals surface area contributed by atoms with E-state index >= 15 is 0 Å². The van der Waals surface area contributed by atoms with Crippen molar-refractivity contribution in [1.29, 1.82) is 5.26 Å². The molecule has 0 aliphatic heterocycles. The van der Waals surface area contributed by atoms with Crippen LogP contribution in [0.3, 0.4) is 0 Å². The molecule has 3 unspecified atom stereocenters. The van der Waals surface area contributed by atoms with Gasteiger partial charge in [0, 0.05) is 18.5 Å². The van der Waals surface area contributed by atoms with Crippen LogP contribution in [0.1, 0.15) is 32.6 Å². The second-order valence-electron chi connectivity index (χ2n) is 4.12. The number of nitrogens with one attached hydrogen (secondary N) is 1. The molecule has 1 saturated carbocycles. The molecule has 1 fully saturated rings. The standard InChI is InChI=1S/C11H19N3O/c1-2-8(6-12)11(15)14-10-5-3-4-9(10)7-13/h8-10H,2-6,12H2,1H3,(H,14,15). The number of hydrogen-bond acceptors (Lipinski definition) is 3. The highest BCUT2D eigenvalue weighted by atomic mass is 16.1. The first-order valence-corrected chi connectivity index (χ1v) is 5.63. The Morgan fingerprint density at radius 3 is 2.93 bits per heavy atom. The SMILES string of the molecule is CCC(CN)C(=O)NC1CCCC1C#N. The van der Waals surface area contributed by atoms with Crippen molar-refractivity contribution in [3.8, 4) is 6.07 Å². The molecule has 0 radical (unpaired) electrons. The summed E-state index contributed by atoms with van der Waals surface area (Å²) in [6, 6.07) is 2.29. The van der Waals surface area contributed by atoms with Gasteiger partial charge in [-0.2, -0.15) is 5.26 Å². The van der Waals surface area contributed by atoms with Crippen LogP contribution in [0.2, 0.25) is 0 Å². The lowest BCUT2D eigenvalue weighted by atomic mass is 10.0. The molecule has 0 aromatic rings.